The third-order valence-corrected chi connectivity index (χ3v) is 4.59. The van der Waals surface area contributed by atoms with Gasteiger partial charge in [-0.1, -0.05) is 97.1 Å². The highest BCUT2D eigenvalue weighted by Crippen LogP contribution is 2.38. The number of aromatic hydroxyl groups is 1. The summed E-state index contributed by atoms with van der Waals surface area (Å²) in [5, 5.41) is 10.5. The largest absolute Gasteiger partial charge is 0.507 e. The van der Waals surface area contributed by atoms with Crippen LogP contribution < -0.4 is 0 Å². The van der Waals surface area contributed by atoms with Crippen molar-refractivity contribution in [2.24, 2.45) is 0 Å². The van der Waals surface area contributed by atoms with Crippen molar-refractivity contribution in [1.29, 1.82) is 0 Å². The Morgan fingerprint density at radius 3 is 1.92 bits per heavy atom. The van der Waals surface area contributed by atoms with E-state index in [4.69, 9.17) is 0 Å². The molecule has 0 aliphatic heterocycles. The Morgan fingerprint density at radius 2 is 1.15 bits per heavy atom. The Balaban J connectivity index is 1.77. The van der Waals surface area contributed by atoms with Crippen molar-refractivity contribution < 1.29 is 5.11 Å². The fraction of sp³-hybridized carbons (Fsp3) is 0.0400. The van der Waals surface area contributed by atoms with Crippen LogP contribution in [0.5, 0.6) is 5.75 Å². The molecular weight excluding hydrogens is 316 g/mol. The molecule has 4 rings (SSSR count). The first-order valence-electron chi connectivity index (χ1n) is 8.82. The Morgan fingerprint density at radius 1 is 0.538 bits per heavy atom. The van der Waals surface area contributed by atoms with Crippen LogP contribution in [0.2, 0.25) is 0 Å². The van der Waals surface area contributed by atoms with Gasteiger partial charge in [-0.3, -0.25) is 0 Å². The minimum atomic E-state index is 0.308. The molecule has 0 saturated carbocycles. The molecule has 1 nitrogen and oxygen atoms in total. The van der Waals surface area contributed by atoms with Crippen molar-refractivity contribution in [1.82, 2.24) is 0 Å². The van der Waals surface area contributed by atoms with Gasteiger partial charge in [0.2, 0.25) is 0 Å². The van der Waals surface area contributed by atoms with Gasteiger partial charge in [0.15, 0.2) is 0 Å². The molecule has 0 atom stereocenters. The van der Waals surface area contributed by atoms with Gasteiger partial charge in [0.25, 0.3) is 0 Å². The molecule has 4 aromatic rings. The van der Waals surface area contributed by atoms with E-state index in [2.05, 4.69) is 54.6 Å². The zero-order valence-corrected chi connectivity index (χ0v) is 14.5. The Hall–Kier alpha value is -3.32. The number of benzene rings is 4. The van der Waals surface area contributed by atoms with Crippen LogP contribution in [0.3, 0.4) is 0 Å². The van der Waals surface area contributed by atoms with E-state index < -0.39 is 0 Å². The minimum Gasteiger partial charge on any atom is -0.507 e. The van der Waals surface area contributed by atoms with E-state index in [0.29, 0.717) is 5.75 Å². The van der Waals surface area contributed by atoms with Gasteiger partial charge in [0.05, 0.1) is 0 Å². The number of hydrogen-bond acceptors (Lipinski definition) is 1. The zero-order valence-electron chi connectivity index (χ0n) is 14.5. The topological polar surface area (TPSA) is 20.2 Å². The summed E-state index contributed by atoms with van der Waals surface area (Å²) in [5.41, 5.74) is 6.62. The fourth-order valence-electron chi connectivity index (χ4n) is 3.37. The molecule has 0 radical (unpaired) electrons. The first-order chi connectivity index (χ1) is 12.8. The number of phenolic OH excluding ortho intramolecular Hbond substituents is 1. The summed E-state index contributed by atoms with van der Waals surface area (Å²) in [7, 11) is 0. The highest BCUT2D eigenvalue weighted by molar-refractivity contribution is 5.87. The number of hydrogen-bond donors (Lipinski definition) is 1. The molecule has 0 fully saturated rings. The van der Waals surface area contributed by atoms with Crippen molar-refractivity contribution >= 4 is 0 Å². The summed E-state index contributed by atoms with van der Waals surface area (Å²) in [6.45, 7) is 0. The molecule has 0 heterocycles. The first kappa shape index (κ1) is 16.2. The molecule has 0 amide bonds. The third kappa shape index (κ3) is 3.38. The fourth-order valence-corrected chi connectivity index (χ4v) is 3.37. The van der Waals surface area contributed by atoms with Crippen LogP contribution in [0.4, 0.5) is 0 Å². The maximum atomic E-state index is 10.5. The van der Waals surface area contributed by atoms with Gasteiger partial charge in [-0.15, -0.1) is 0 Å². The molecule has 0 saturated heterocycles. The lowest BCUT2D eigenvalue weighted by molar-refractivity contribution is 0.477. The van der Waals surface area contributed by atoms with Crippen LogP contribution in [0.1, 0.15) is 11.1 Å². The highest BCUT2D eigenvalue weighted by atomic mass is 16.3. The third-order valence-electron chi connectivity index (χ3n) is 4.59. The standard InChI is InChI=1S/C25H20O/c26-24-16-8-15-23(25(24)21-12-5-2-6-13-21)22-14-7-11-20(18-22)17-19-9-3-1-4-10-19/h1-16,18,26H,17H2. The average Bonchev–Trinajstić information content (AvgIpc) is 2.69. The summed E-state index contributed by atoms with van der Waals surface area (Å²) in [5.74, 6) is 0.308. The van der Waals surface area contributed by atoms with Crippen LogP contribution in [0, 0.1) is 0 Å². The second kappa shape index (κ2) is 7.28. The molecule has 0 bridgehead atoms. The quantitative estimate of drug-likeness (QED) is 0.462. The van der Waals surface area contributed by atoms with Crippen molar-refractivity contribution in [3.63, 3.8) is 0 Å². The maximum absolute atomic E-state index is 10.5. The molecule has 1 N–H and O–H groups in total. The lowest BCUT2D eigenvalue weighted by atomic mass is 9.92. The van der Waals surface area contributed by atoms with E-state index in [0.717, 1.165) is 28.7 Å². The van der Waals surface area contributed by atoms with Crippen LogP contribution in [0.15, 0.2) is 103 Å². The predicted octanol–water partition coefficient (Wildman–Crippen LogP) is 6.32. The van der Waals surface area contributed by atoms with Crippen LogP contribution in [-0.2, 0) is 6.42 Å². The van der Waals surface area contributed by atoms with Gasteiger partial charge in [-0.2, -0.15) is 0 Å². The van der Waals surface area contributed by atoms with Gasteiger partial charge >= 0.3 is 0 Å². The van der Waals surface area contributed by atoms with Crippen LogP contribution in [0.25, 0.3) is 22.3 Å². The Labute approximate surface area is 154 Å². The average molecular weight is 336 g/mol. The van der Waals surface area contributed by atoms with E-state index in [1.54, 1.807) is 6.07 Å². The van der Waals surface area contributed by atoms with E-state index in [1.807, 2.05) is 42.5 Å². The summed E-state index contributed by atoms with van der Waals surface area (Å²) in [6.07, 6.45) is 0.897. The smallest absolute Gasteiger partial charge is 0.124 e. The monoisotopic (exact) mass is 336 g/mol. The molecule has 0 aliphatic rings. The normalized spacial score (nSPS) is 10.6. The predicted molar refractivity (Wildman–Crippen MR) is 108 cm³/mol. The molecule has 4 aromatic carbocycles. The summed E-state index contributed by atoms with van der Waals surface area (Å²) < 4.78 is 0. The maximum Gasteiger partial charge on any atom is 0.124 e. The first-order valence-corrected chi connectivity index (χ1v) is 8.82. The van der Waals surface area contributed by atoms with Gasteiger partial charge in [-0.25, -0.2) is 0 Å². The van der Waals surface area contributed by atoms with E-state index in [1.165, 1.54) is 11.1 Å². The van der Waals surface area contributed by atoms with Gasteiger partial charge in [0.1, 0.15) is 5.75 Å². The van der Waals surface area contributed by atoms with E-state index in [-0.39, 0.29) is 0 Å². The molecule has 26 heavy (non-hydrogen) atoms. The van der Waals surface area contributed by atoms with Gasteiger partial charge in [-0.05, 0) is 40.3 Å². The van der Waals surface area contributed by atoms with Crippen molar-refractivity contribution in [3.8, 4) is 28.0 Å². The molecule has 126 valence electrons. The van der Waals surface area contributed by atoms with Crippen LogP contribution in [-0.4, -0.2) is 5.11 Å². The number of phenols is 1. The molecule has 0 spiro atoms. The molecular formula is C25H20O. The number of rotatable bonds is 4. The van der Waals surface area contributed by atoms with Crippen LogP contribution >= 0.6 is 0 Å². The summed E-state index contributed by atoms with van der Waals surface area (Å²) in [4.78, 5) is 0. The van der Waals surface area contributed by atoms with Gasteiger partial charge < -0.3 is 5.11 Å². The van der Waals surface area contributed by atoms with Gasteiger partial charge in [0, 0.05) is 5.56 Å². The molecule has 0 aliphatic carbocycles. The minimum absolute atomic E-state index is 0.308. The van der Waals surface area contributed by atoms with E-state index >= 15 is 0 Å². The Kier molecular flexibility index (Phi) is 4.53. The van der Waals surface area contributed by atoms with Crippen molar-refractivity contribution in [3.05, 3.63) is 114 Å². The molecule has 0 aromatic heterocycles. The lowest BCUT2D eigenvalue weighted by Crippen LogP contribution is -1.90. The SMILES string of the molecule is Oc1cccc(-c2cccc(Cc3ccccc3)c2)c1-c1ccccc1. The summed E-state index contributed by atoms with van der Waals surface area (Å²) in [6, 6.07) is 34.8. The molecule has 0 unspecified atom stereocenters. The van der Waals surface area contributed by atoms with Crippen molar-refractivity contribution in [2.45, 2.75) is 6.42 Å². The Bertz CT molecular complexity index is 1000. The second-order valence-electron chi connectivity index (χ2n) is 6.43. The van der Waals surface area contributed by atoms with E-state index in [9.17, 15) is 5.11 Å². The highest BCUT2D eigenvalue weighted by Gasteiger charge is 2.12. The molecule has 1 heteroatoms. The second-order valence-corrected chi connectivity index (χ2v) is 6.43. The lowest BCUT2D eigenvalue weighted by Gasteiger charge is -2.13. The zero-order chi connectivity index (χ0) is 17.8. The summed E-state index contributed by atoms with van der Waals surface area (Å²) >= 11 is 0. The van der Waals surface area contributed by atoms with Crippen molar-refractivity contribution in [2.75, 3.05) is 0 Å².